The fourth-order valence-corrected chi connectivity index (χ4v) is 2.55. The molecule has 0 aromatic carbocycles. The van der Waals surface area contributed by atoms with Crippen LogP contribution >= 0.6 is 0 Å². The Morgan fingerprint density at radius 1 is 1.59 bits per heavy atom. The van der Waals surface area contributed by atoms with Crippen molar-refractivity contribution in [2.75, 3.05) is 18.0 Å². The third-order valence-corrected chi connectivity index (χ3v) is 3.57. The number of nitrogens with zero attached hydrogens (tertiary/aromatic N) is 4. The number of nitrogens with one attached hydrogen (secondary N) is 1. The minimum Gasteiger partial charge on any atom is -0.361 e. The first kappa shape index (κ1) is 14.4. The van der Waals surface area contributed by atoms with E-state index in [2.05, 4.69) is 20.7 Å². The molecule has 1 aliphatic heterocycles. The number of hydrogen-bond acceptors (Lipinski definition) is 6. The molecule has 3 rings (SSSR count). The zero-order chi connectivity index (χ0) is 15.5. The normalized spacial score (nSPS) is 21.1. The summed E-state index contributed by atoms with van der Waals surface area (Å²) in [6.07, 6.45) is 0.962. The molecule has 2 aromatic rings. The first-order chi connectivity index (χ1) is 10.6. The zero-order valence-electron chi connectivity index (χ0n) is 12.1. The van der Waals surface area contributed by atoms with Crippen LogP contribution in [0.25, 0.3) is 0 Å². The van der Waals surface area contributed by atoms with Crippen molar-refractivity contribution < 1.29 is 13.7 Å². The Labute approximate surface area is 126 Å². The number of halogens is 1. The van der Waals surface area contributed by atoms with Crippen molar-refractivity contribution in [3.63, 3.8) is 0 Å². The molecule has 0 radical (unpaired) electrons. The summed E-state index contributed by atoms with van der Waals surface area (Å²) in [6, 6.07) is 4.92. The van der Waals surface area contributed by atoms with Crippen LogP contribution in [-0.2, 0) is 0 Å². The van der Waals surface area contributed by atoms with Crippen molar-refractivity contribution in [1.82, 2.24) is 20.7 Å². The minimum absolute atomic E-state index is 0.163. The highest BCUT2D eigenvalue weighted by Gasteiger charge is 2.33. The number of carbonyl (C=O) groups is 1. The third-order valence-electron chi connectivity index (χ3n) is 3.57. The van der Waals surface area contributed by atoms with Crippen molar-refractivity contribution >= 4 is 11.7 Å². The summed E-state index contributed by atoms with van der Waals surface area (Å²) in [7, 11) is 0. The second-order valence-corrected chi connectivity index (χ2v) is 5.25. The number of hydrogen-bond donors (Lipinski definition) is 1. The third kappa shape index (κ3) is 3.05. The van der Waals surface area contributed by atoms with Gasteiger partial charge in [-0.1, -0.05) is 5.16 Å². The van der Waals surface area contributed by atoms with Crippen LogP contribution in [0.3, 0.4) is 0 Å². The molecule has 2 atom stereocenters. The van der Waals surface area contributed by atoms with E-state index in [9.17, 15) is 9.18 Å². The summed E-state index contributed by atoms with van der Waals surface area (Å²) in [4.78, 5) is 13.8. The van der Waals surface area contributed by atoms with Gasteiger partial charge < -0.3 is 14.7 Å². The molecule has 0 unspecified atom stereocenters. The molecular formula is C14H16FN5O2. The molecule has 22 heavy (non-hydrogen) atoms. The summed E-state index contributed by atoms with van der Waals surface area (Å²) in [5, 5.41) is 14.2. The van der Waals surface area contributed by atoms with Crippen LogP contribution in [-0.4, -0.2) is 46.6 Å². The van der Waals surface area contributed by atoms with Crippen LogP contribution in [0, 0.1) is 6.92 Å². The molecule has 0 bridgehead atoms. The van der Waals surface area contributed by atoms with E-state index in [0.717, 1.165) is 0 Å². The maximum atomic E-state index is 13.7. The van der Waals surface area contributed by atoms with Gasteiger partial charge in [-0.2, -0.15) is 5.10 Å². The summed E-state index contributed by atoms with van der Waals surface area (Å²) in [6.45, 7) is 2.27. The van der Waals surface area contributed by atoms with E-state index in [-0.39, 0.29) is 24.2 Å². The Balaban J connectivity index is 1.64. The largest absolute Gasteiger partial charge is 0.361 e. The van der Waals surface area contributed by atoms with Crippen molar-refractivity contribution in [3.8, 4) is 0 Å². The van der Waals surface area contributed by atoms with Crippen molar-refractivity contribution in [1.29, 1.82) is 0 Å². The van der Waals surface area contributed by atoms with Crippen LogP contribution in [0.15, 0.2) is 28.9 Å². The predicted octanol–water partition coefficient (Wildman–Crippen LogP) is 1.12. The van der Waals surface area contributed by atoms with E-state index in [1.165, 1.54) is 0 Å². The average Bonchev–Trinajstić information content (AvgIpc) is 3.12. The molecular weight excluding hydrogens is 289 g/mol. The van der Waals surface area contributed by atoms with Gasteiger partial charge >= 0.3 is 0 Å². The molecule has 1 fully saturated rings. The molecule has 0 spiro atoms. The molecule has 8 heteroatoms. The van der Waals surface area contributed by atoms with Gasteiger partial charge in [-0.15, -0.1) is 5.10 Å². The van der Waals surface area contributed by atoms with E-state index in [4.69, 9.17) is 4.52 Å². The van der Waals surface area contributed by atoms with Gasteiger partial charge in [0.1, 0.15) is 11.9 Å². The highest BCUT2D eigenvalue weighted by molar-refractivity contribution is 5.92. The zero-order valence-corrected chi connectivity index (χ0v) is 12.1. The lowest BCUT2D eigenvalue weighted by Gasteiger charge is -2.24. The molecule has 0 saturated carbocycles. The highest BCUT2D eigenvalue weighted by Crippen LogP contribution is 2.24. The monoisotopic (exact) mass is 305 g/mol. The number of aryl methyl sites for hydroxylation is 1. The predicted molar refractivity (Wildman–Crippen MR) is 76.3 cm³/mol. The van der Waals surface area contributed by atoms with Gasteiger partial charge in [-0.05, 0) is 19.1 Å². The van der Waals surface area contributed by atoms with Gasteiger partial charge in [0.05, 0.1) is 12.6 Å². The van der Waals surface area contributed by atoms with Crippen molar-refractivity contribution in [3.05, 3.63) is 35.9 Å². The molecule has 3 heterocycles. The number of carbonyl (C=O) groups excluding carboxylic acids is 1. The molecule has 1 amide bonds. The van der Waals surface area contributed by atoms with Gasteiger partial charge in [0.25, 0.3) is 5.91 Å². The van der Waals surface area contributed by atoms with E-state index in [1.54, 1.807) is 31.3 Å². The summed E-state index contributed by atoms with van der Waals surface area (Å²) in [5.41, 5.74) is 0.221. The second-order valence-electron chi connectivity index (χ2n) is 5.25. The van der Waals surface area contributed by atoms with Gasteiger partial charge in [-0.25, -0.2) is 4.39 Å². The van der Waals surface area contributed by atoms with Crippen molar-refractivity contribution in [2.45, 2.75) is 25.6 Å². The van der Waals surface area contributed by atoms with Crippen LogP contribution < -0.4 is 10.2 Å². The standard InChI is InChI=1S/C14H16FN5O2/c1-9-5-12(19-22-9)14(21)16-7-11-6-10(15)8-20(11)13-3-2-4-17-18-13/h2-5,10-11H,6-8H2,1H3,(H,16,21)/t10-,11-/m0/s1. The number of aromatic nitrogens is 3. The van der Waals surface area contributed by atoms with Crippen LogP contribution in [0.5, 0.6) is 0 Å². The first-order valence-corrected chi connectivity index (χ1v) is 7.03. The van der Waals surface area contributed by atoms with Gasteiger partial charge in [-0.3, -0.25) is 4.79 Å². The summed E-state index contributed by atoms with van der Waals surface area (Å²) < 4.78 is 18.6. The molecule has 7 nitrogen and oxygen atoms in total. The van der Waals surface area contributed by atoms with Gasteiger partial charge in [0, 0.05) is 25.2 Å². The molecule has 0 aliphatic carbocycles. The Morgan fingerprint density at radius 3 is 3.14 bits per heavy atom. The Kier molecular flexibility index (Phi) is 3.99. The smallest absolute Gasteiger partial charge is 0.273 e. The number of rotatable bonds is 4. The molecule has 2 aromatic heterocycles. The lowest BCUT2D eigenvalue weighted by molar-refractivity contribution is 0.0941. The molecule has 1 N–H and O–H groups in total. The summed E-state index contributed by atoms with van der Waals surface area (Å²) >= 11 is 0. The SMILES string of the molecule is Cc1cc(C(=O)NC[C@@H]2C[C@H](F)CN2c2cccnn2)no1. The maximum Gasteiger partial charge on any atom is 0.273 e. The maximum absolute atomic E-state index is 13.7. The topological polar surface area (TPSA) is 84.2 Å². The van der Waals surface area contributed by atoms with Gasteiger partial charge in [0.2, 0.25) is 0 Å². The quantitative estimate of drug-likeness (QED) is 0.911. The fourth-order valence-electron chi connectivity index (χ4n) is 2.55. The first-order valence-electron chi connectivity index (χ1n) is 7.03. The number of anilines is 1. The van der Waals surface area contributed by atoms with Crippen molar-refractivity contribution in [2.24, 2.45) is 0 Å². The lowest BCUT2D eigenvalue weighted by Crippen LogP contribution is -2.40. The molecule has 116 valence electrons. The minimum atomic E-state index is -0.946. The average molecular weight is 305 g/mol. The van der Waals surface area contributed by atoms with Crippen LogP contribution in [0.4, 0.5) is 10.2 Å². The summed E-state index contributed by atoms with van der Waals surface area (Å²) in [5.74, 6) is 0.841. The molecule has 1 saturated heterocycles. The lowest BCUT2D eigenvalue weighted by atomic mass is 10.2. The van der Waals surface area contributed by atoms with E-state index >= 15 is 0 Å². The second kappa shape index (κ2) is 6.08. The molecule has 1 aliphatic rings. The Hall–Kier alpha value is -2.51. The Bertz CT molecular complexity index is 648. The fraction of sp³-hybridized carbons (Fsp3) is 0.429. The highest BCUT2D eigenvalue weighted by atomic mass is 19.1. The van der Waals surface area contributed by atoms with E-state index < -0.39 is 6.17 Å². The Morgan fingerprint density at radius 2 is 2.45 bits per heavy atom. The number of alkyl halides is 1. The van der Waals surface area contributed by atoms with E-state index in [0.29, 0.717) is 24.5 Å². The van der Waals surface area contributed by atoms with Crippen LogP contribution in [0.2, 0.25) is 0 Å². The van der Waals surface area contributed by atoms with Crippen LogP contribution in [0.1, 0.15) is 22.7 Å². The van der Waals surface area contributed by atoms with E-state index in [1.807, 2.05) is 4.90 Å². The number of amides is 1. The van der Waals surface area contributed by atoms with Gasteiger partial charge in [0.15, 0.2) is 11.5 Å².